The summed E-state index contributed by atoms with van der Waals surface area (Å²) in [7, 11) is 0. The van der Waals surface area contributed by atoms with E-state index in [0.717, 1.165) is 6.42 Å². The van der Waals surface area contributed by atoms with Gasteiger partial charge in [0.2, 0.25) is 5.82 Å². The summed E-state index contributed by atoms with van der Waals surface area (Å²) in [6.45, 7) is 5.26. The number of nitrogens with one attached hydrogen (secondary N) is 1. The third-order valence-electron chi connectivity index (χ3n) is 3.31. The second-order valence-corrected chi connectivity index (χ2v) is 4.79. The first-order valence-electron chi connectivity index (χ1n) is 5.56. The zero-order valence-corrected chi connectivity index (χ0v) is 9.80. The van der Waals surface area contributed by atoms with Crippen molar-refractivity contribution < 1.29 is 13.2 Å². The maximum absolute atomic E-state index is 12.8. The monoisotopic (exact) mass is 248 g/mol. The third kappa shape index (κ3) is 2.29. The van der Waals surface area contributed by atoms with E-state index in [1.807, 2.05) is 13.8 Å². The van der Waals surface area contributed by atoms with Gasteiger partial charge in [-0.3, -0.25) is 0 Å². The van der Waals surface area contributed by atoms with Crippen LogP contribution in [0.2, 0.25) is 0 Å². The number of nitrogens with zero attached hydrogens (tertiary/aromatic N) is 3. The molecule has 0 aliphatic carbocycles. The summed E-state index contributed by atoms with van der Waals surface area (Å²) in [4.78, 5) is 0. The lowest BCUT2D eigenvalue weighted by Crippen LogP contribution is -2.32. The Hall–Kier alpha value is -1.11. The summed E-state index contributed by atoms with van der Waals surface area (Å²) >= 11 is 0. The highest BCUT2D eigenvalue weighted by Gasteiger charge is 2.40. The van der Waals surface area contributed by atoms with E-state index in [0.29, 0.717) is 25.5 Å². The molecule has 1 aromatic rings. The molecule has 0 bridgehead atoms. The fraction of sp³-hybridized carbons (Fsp3) is 0.800. The van der Waals surface area contributed by atoms with Crippen LogP contribution in [0.5, 0.6) is 0 Å². The van der Waals surface area contributed by atoms with E-state index in [1.54, 1.807) is 0 Å². The van der Waals surface area contributed by atoms with Gasteiger partial charge in [-0.15, -0.1) is 10.2 Å². The molecular weight excluding hydrogens is 233 g/mol. The fourth-order valence-corrected chi connectivity index (χ4v) is 1.99. The van der Waals surface area contributed by atoms with Crippen LogP contribution in [0, 0.1) is 5.41 Å². The van der Waals surface area contributed by atoms with Gasteiger partial charge in [-0.05, 0) is 11.8 Å². The van der Waals surface area contributed by atoms with E-state index in [9.17, 15) is 13.2 Å². The van der Waals surface area contributed by atoms with Crippen molar-refractivity contribution in [3.63, 3.8) is 0 Å². The number of rotatable bonds is 1. The summed E-state index contributed by atoms with van der Waals surface area (Å²) in [5.74, 6) is -0.537. The smallest absolute Gasteiger partial charge is 0.309 e. The molecule has 0 fully saturated rings. The van der Waals surface area contributed by atoms with E-state index in [-0.39, 0.29) is 5.41 Å². The van der Waals surface area contributed by atoms with Crippen molar-refractivity contribution in [3.05, 3.63) is 11.6 Å². The summed E-state index contributed by atoms with van der Waals surface area (Å²) < 4.78 is 39.5. The van der Waals surface area contributed by atoms with Crippen LogP contribution in [0.25, 0.3) is 0 Å². The van der Waals surface area contributed by atoms with Gasteiger partial charge < -0.3 is 9.88 Å². The molecule has 4 nitrogen and oxygen atoms in total. The van der Waals surface area contributed by atoms with Crippen molar-refractivity contribution >= 4 is 0 Å². The van der Waals surface area contributed by atoms with Gasteiger partial charge in [0.1, 0.15) is 5.82 Å². The molecule has 0 saturated heterocycles. The Labute approximate surface area is 97.2 Å². The fourth-order valence-electron chi connectivity index (χ4n) is 1.99. The van der Waals surface area contributed by atoms with Gasteiger partial charge in [0.25, 0.3) is 0 Å². The predicted molar refractivity (Wildman–Crippen MR) is 55.1 cm³/mol. The SMILES string of the molecule is CCC1(C)CNCc2nnc(C(F)(F)F)n2C1. The molecule has 1 N–H and O–H groups in total. The first-order chi connectivity index (χ1) is 7.86. The standard InChI is InChI=1S/C10H15F3N4/c1-3-9(2)5-14-4-7-15-16-8(10(11,12)13)17(7)6-9/h14H,3-6H2,1-2H3. The summed E-state index contributed by atoms with van der Waals surface area (Å²) in [6.07, 6.45) is -3.64. The third-order valence-corrected chi connectivity index (χ3v) is 3.31. The average molecular weight is 248 g/mol. The Bertz CT molecular complexity index is 412. The van der Waals surface area contributed by atoms with Gasteiger partial charge >= 0.3 is 6.18 Å². The van der Waals surface area contributed by atoms with Crippen molar-refractivity contribution in [3.8, 4) is 0 Å². The normalized spacial score (nSPS) is 25.5. The summed E-state index contributed by atoms with van der Waals surface area (Å²) in [5, 5.41) is 9.99. The number of hydrogen-bond acceptors (Lipinski definition) is 3. The Morgan fingerprint density at radius 3 is 2.71 bits per heavy atom. The first kappa shape index (κ1) is 12.3. The Morgan fingerprint density at radius 2 is 2.12 bits per heavy atom. The Balaban J connectivity index is 2.42. The minimum atomic E-state index is -4.44. The molecule has 1 aliphatic heterocycles. The quantitative estimate of drug-likeness (QED) is 0.824. The molecule has 17 heavy (non-hydrogen) atoms. The van der Waals surface area contributed by atoms with E-state index in [1.165, 1.54) is 4.57 Å². The molecule has 0 saturated carbocycles. The number of hydrogen-bond donors (Lipinski definition) is 1. The van der Waals surface area contributed by atoms with Crippen molar-refractivity contribution in [2.75, 3.05) is 6.54 Å². The van der Waals surface area contributed by atoms with Crippen molar-refractivity contribution in [2.45, 2.75) is 39.5 Å². The lowest BCUT2D eigenvalue weighted by atomic mass is 9.87. The van der Waals surface area contributed by atoms with Crippen molar-refractivity contribution in [2.24, 2.45) is 5.41 Å². The van der Waals surface area contributed by atoms with Gasteiger partial charge in [-0.1, -0.05) is 13.8 Å². The molecule has 1 unspecified atom stereocenters. The molecule has 0 amide bonds. The van der Waals surface area contributed by atoms with E-state index < -0.39 is 12.0 Å². The highest BCUT2D eigenvalue weighted by Crippen LogP contribution is 2.32. The zero-order chi connectivity index (χ0) is 12.7. The van der Waals surface area contributed by atoms with Crippen molar-refractivity contribution in [1.29, 1.82) is 0 Å². The van der Waals surface area contributed by atoms with E-state index >= 15 is 0 Å². The molecule has 2 heterocycles. The van der Waals surface area contributed by atoms with Gasteiger partial charge in [0.15, 0.2) is 0 Å². The van der Waals surface area contributed by atoms with Crippen LogP contribution in [0.15, 0.2) is 0 Å². The van der Waals surface area contributed by atoms with Crippen LogP contribution in [0.3, 0.4) is 0 Å². The summed E-state index contributed by atoms with van der Waals surface area (Å²) in [6, 6.07) is 0. The van der Waals surface area contributed by atoms with Gasteiger partial charge in [0, 0.05) is 13.1 Å². The van der Waals surface area contributed by atoms with Gasteiger partial charge in [0.05, 0.1) is 6.54 Å². The number of fused-ring (bicyclic) bond motifs is 1. The minimum absolute atomic E-state index is 0.201. The first-order valence-corrected chi connectivity index (χ1v) is 5.56. The van der Waals surface area contributed by atoms with E-state index in [4.69, 9.17) is 0 Å². The van der Waals surface area contributed by atoms with Crippen LogP contribution in [-0.2, 0) is 19.3 Å². The van der Waals surface area contributed by atoms with Crippen LogP contribution in [0.4, 0.5) is 13.2 Å². The molecule has 1 atom stereocenters. The molecule has 1 aromatic heterocycles. The molecule has 2 rings (SSSR count). The zero-order valence-electron chi connectivity index (χ0n) is 9.80. The topological polar surface area (TPSA) is 42.7 Å². The highest BCUT2D eigenvalue weighted by atomic mass is 19.4. The Kier molecular flexibility index (Phi) is 2.89. The lowest BCUT2D eigenvalue weighted by Gasteiger charge is -2.27. The number of halogens is 3. The maximum Gasteiger partial charge on any atom is 0.451 e. The average Bonchev–Trinajstić information content (AvgIpc) is 2.54. The van der Waals surface area contributed by atoms with E-state index in [2.05, 4.69) is 15.5 Å². The molecule has 0 spiro atoms. The van der Waals surface area contributed by atoms with Crippen LogP contribution in [0.1, 0.15) is 31.9 Å². The van der Waals surface area contributed by atoms with Gasteiger partial charge in [-0.25, -0.2) is 0 Å². The largest absolute Gasteiger partial charge is 0.451 e. The van der Waals surface area contributed by atoms with Crippen molar-refractivity contribution in [1.82, 2.24) is 20.1 Å². The second-order valence-electron chi connectivity index (χ2n) is 4.79. The van der Waals surface area contributed by atoms with Gasteiger partial charge in [-0.2, -0.15) is 13.2 Å². The molecular formula is C10H15F3N4. The molecule has 0 radical (unpaired) electrons. The minimum Gasteiger partial charge on any atom is -0.309 e. The van der Waals surface area contributed by atoms with Crippen LogP contribution in [-0.4, -0.2) is 21.3 Å². The summed E-state index contributed by atoms with van der Waals surface area (Å²) in [5.41, 5.74) is -0.201. The molecule has 96 valence electrons. The second kappa shape index (κ2) is 3.97. The van der Waals surface area contributed by atoms with Crippen LogP contribution >= 0.6 is 0 Å². The highest BCUT2D eigenvalue weighted by molar-refractivity contribution is 5.03. The Morgan fingerprint density at radius 1 is 1.41 bits per heavy atom. The molecule has 0 aromatic carbocycles. The predicted octanol–water partition coefficient (Wildman–Crippen LogP) is 1.82. The molecule has 7 heteroatoms. The lowest BCUT2D eigenvalue weighted by molar-refractivity contribution is -0.148. The molecule has 1 aliphatic rings. The maximum atomic E-state index is 12.8. The van der Waals surface area contributed by atoms with Crippen LogP contribution < -0.4 is 5.32 Å². The number of aromatic nitrogens is 3. The number of alkyl halides is 3.